The van der Waals surface area contributed by atoms with Crippen LogP contribution >= 0.6 is 0 Å². The van der Waals surface area contributed by atoms with Crippen molar-refractivity contribution in [2.75, 3.05) is 20.1 Å². The summed E-state index contributed by atoms with van der Waals surface area (Å²) in [6.45, 7) is 3.83. The number of carbonyl (C=O) groups excluding carboxylic acids is 1. The Morgan fingerprint density at radius 3 is 2.76 bits per heavy atom. The maximum Gasteiger partial charge on any atom is 0.223 e. The molecule has 0 saturated carbocycles. The number of carbonyl (C=O) groups is 1. The first-order valence-electron chi connectivity index (χ1n) is 5.83. The first-order valence-corrected chi connectivity index (χ1v) is 5.83. The van der Waals surface area contributed by atoms with Crippen LogP contribution in [-0.2, 0) is 11.3 Å². The van der Waals surface area contributed by atoms with Crippen molar-refractivity contribution in [1.82, 2.24) is 10.2 Å². The van der Waals surface area contributed by atoms with Crippen LogP contribution in [0, 0.1) is 5.82 Å². The van der Waals surface area contributed by atoms with E-state index in [1.165, 1.54) is 6.07 Å². The van der Waals surface area contributed by atoms with Gasteiger partial charge < -0.3 is 10.2 Å². The third kappa shape index (κ3) is 4.53. The SMILES string of the molecule is CCNCCC(=O)N(C)Cc1ccccc1F. The molecule has 1 aromatic carbocycles. The molecule has 0 saturated heterocycles. The summed E-state index contributed by atoms with van der Waals surface area (Å²) in [7, 11) is 1.70. The molecule has 0 spiro atoms. The second-order valence-electron chi connectivity index (χ2n) is 3.94. The number of rotatable bonds is 6. The molecule has 3 nitrogen and oxygen atoms in total. The molecule has 0 unspecified atom stereocenters. The van der Waals surface area contributed by atoms with E-state index in [9.17, 15) is 9.18 Å². The molecule has 0 atom stereocenters. The fourth-order valence-electron chi connectivity index (χ4n) is 1.53. The van der Waals surface area contributed by atoms with Gasteiger partial charge in [-0.2, -0.15) is 0 Å². The van der Waals surface area contributed by atoms with E-state index < -0.39 is 0 Å². The summed E-state index contributed by atoms with van der Waals surface area (Å²) in [5.41, 5.74) is 0.548. The lowest BCUT2D eigenvalue weighted by Gasteiger charge is -2.17. The minimum Gasteiger partial charge on any atom is -0.341 e. The van der Waals surface area contributed by atoms with Gasteiger partial charge in [-0.3, -0.25) is 4.79 Å². The Bertz CT molecular complexity index is 368. The summed E-state index contributed by atoms with van der Waals surface area (Å²) in [4.78, 5) is 13.2. The van der Waals surface area contributed by atoms with Gasteiger partial charge in [-0.25, -0.2) is 4.39 Å². The topological polar surface area (TPSA) is 32.3 Å². The van der Waals surface area contributed by atoms with Crippen LogP contribution in [-0.4, -0.2) is 30.9 Å². The third-order valence-electron chi connectivity index (χ3n) is 2.56. The van der Waals surface area contributed by atoms with Crippen LogP contribution in [0.25, 0.3) is 0 Å². The zero-order chi connectivity index (χ0) is 12.7. The Labute approximate surface area is 102 Å². The molecular formula is C13H19FN2O. The molecule has 0 aromatic heterocycles. The number of hydrogen-bond donors (Lipinski definition) is 1. The van der Waals surface area contributed by atoms with Crippen LogP contribution in [0.3, 0.4) is 0 Å². The van der Waals surface area contributed by atoms with Gasteiger partial charge in [0, 0.05) is 32.1 Å². The smallest absolute Gasteiger partial charge is 0.223 e. The number of hydrogen-bond acceptors (Lipinski definition) is 2. The average molecular weight is 238 g/mol. The van der Waals surface area contributed by atoms with E-state index in [0.29, 0.717) is 25.1 Å². The van der Waals surface area contributed by atoms with Crippen molar-refractivity contribution in [2.24, 2.45) is 0 Å². The number of halogens is 1. The second kappa shape index (κ2) is 7.01. The Morgan fingerprint density at radius 1 is 1.41 bits per heavy atom. The van der Waals surface area contributed by atoms with Crippen molar-refractivity contribution >= 4 is 5.91 Å². The highest BCUT2D eigenvalue weighted by molar-refractivity contribution is 5.76. The van der Waals surface area contributed by atoms with E-state index in [0.717, 1.165) is 6.54 Å². The molecule has 0 fully saturated rings. The molecule has 1 rings (SSSR count). The van der Waals surface area contributed by atoms with Gasteiger partial charge in [-0.05, 0) is 12.6 Å². The maximum atomic E-state index is 13.4. The van der Waals surface area contributed by atoms with Crippen molar-refractivity contribution in [3.05, 3.63) is 35.6 Å². The Morgan fingerprint density at radius 2 is 2.12 bits per heavy atom. The zero-order valence-electron chi connectivity index (χ0n) is 10.4. The highest BCUT2D eigenvalue weighted by Gasteiger charge is 2.10. The molecule has 0 aliphatic carbocycles. The number of nitrogens with zero attached hydrogens (tertiary/aromatic N) is 1. The van der Waals surface area contributed by atoms with Crippen LogP contribution in [0.15, 0.2) is 24.3 Å². The number of amides is 1. The highest BCUT2D eigenvalue weighted by Crippen LogP contribution is 2.09. The first-order chi connectivity index (χ1) is 8.15. The number of benzene rings is 1. The van der Waals surface area contributed by atoms with Gasteiger partial charge in [0.15, 0.2) is 0 Å². The Balaban J connectivity index is 2.46. The highest BCUT2D eigenvalue weighted by atomic mass is 19.1. The van der Waals surface area contributed by atoms with Gasteiger partial charge >= 0.3 is 0 Å². The van der Waals surface area contributed by atoms with Crippen LogP contribution in [0.1, 0.15) is 18.9 Å². The lowest BCUT2D eigenvalue weighted by molar-refractivity contribution is -0.130. The van der Waals surface area contributed by atoms with Gasteiger partial charge in [0.1, 0.15) is 5.82 Å². The van der Waals surface area contributed by atoms with Gasteiger partial charge in [0.05, 0.1) is 0 Å². The molecule has 4 heteroatoms. The van der Waals surface area contributed by atoms with E-state index in [4.69, 9.17) is 0 Å². The van der Waals surface area contributed by atoms with Crippen molar-refractivity contribution in [3.8, 4) is 0 Å². The van der Waals surface area contributed by atoms with Crippen molar-refractivity contribution in [3.63, 3.8) is 0 Å². The minimum atomic E-state index is -0.265. The second-order valence-corrected chi connectivity index (χ2v) is 3.94. The van der Waals surface area contributed by atoms with E-state index >= 15 is 0 Å². The molecule has 1 amide bonds. The minimum absolute atomic E-state index is 0.0224. The van der Waals surface area contributed by atoms with Gasteiger partial charge in [0.2, 0.25) is 5.91 Å². The summed E-state index contributed by atoms with van der Waals surface area (Å²) in [6, 6.07) is 6.52. The largest absolute Gasteiger partial charge is 0.341 e. The molecule has 94 valence electrons. The lowest BCUT2D eigenvalue weighted by Crippen LogP contribution is -2.29. The summed E-state index contributed by atoms with van der Waals surface area (Å²) in [5.74, 6) is -0.243. The molecule has 0 heterocycles. The summed E-state index contributed by atoms with van der Waals surface area (Å²) < 4.78 is 13.4. The molecule has 17 heavy (non-hydrogen) atoms. The molecule has 1 N–H and O–H groups in total. The molecule has 0 aliphatic rings. The predicted molar refractivity (Wildman–Crippen MR) is 66.0 cm³/mol. The molecule has 1 aromatic rings. The van der Waals surface area contributed by atoms with Gasteiger partial charge in [-0.15, -0.1) is 0 Å². The normalized spacial score (nSPS) is 10.3. The molecular weight excluding hydrogens is 219 g/mol. The van der Waals surface area contributed by atoms with Crippen LogP contribution in [0.2, 0.25) is 0 Å². The summed E-state index contributed by atoms with van der Waals surface area (Å²) in [5, 5.41) is 3.09. The van der Waals surface area contributed by atoms with E-state index in [1.54, 1.807) is 30.1 Å². The molecule has 0 aliphatic heterocycles. The Hall–Kier alpha value is -1.42. The Kier molecular flexibility index (Phi) is 5.63. The van der Waals surface area contributed by atoms with Crippen molar-refractivity contribution in [1.29, 1.82) is 0 Å². The fourth-order valence-corrected chi connectivity index (χ4v) is 1.53. The van der Waals surface area contributed by atoms with E-state index in [-0.39, 0.29) is 11.7 Å². The third-order valence-corrected chi connectivity index (χ3v) is 2.56. The maximum absolute atomic E-state index is 13.4. The molecule has 0 radical (unpaired) electrons. The fraction of sp³-hybridized carbons (Fsp3) is 0.462. The van der Waals surface area contributed by atoms with Gasteiger partial charge in [0.25, 0.3) is 0 Å². The predicted octanol–water partition coefficient (Wildman–Crippen LogP) is 1.78. The monoisotopic (exact) mass is 238 g/mol. The van der Waals surface area contributed by atoms with Crippen LogP contribution in [0.4, 0.5) is 4.39 Å². The van der Waals surface area contributed by atoms with Crippen LogP contribution < -0.4 is 5.32 Å². The van der Waals surface area contributed by atoms with E-state index in [2.05, 4.69) is 5.32 Å². The summed E-state index contributed by atoms with van der Waals surface area (Å²) >= 11 is 0. The van der Waals surface area contributed by atoms with Gasteiger partial charge in [-0.1, -0.05) is 25.1 Å². The lowest BCUT2D eigenvalue weighted by atomic mass is 10.2. The first kappa shape index (κ1) is 13.6. The van der Waals surface area contributed by atoms with Crippen molar-refractivity contribution in [2.45, 2.75) is 19.9 Å². The van der Waals surface area contributed by atoms with E-state index in [1.807, 2.05) is 6.92 Å². The zero-order valence-corrected chi connectivity index (χ0v) is 10.4. The van der Waals surface area contributed by atoms with Crippen LogP contribution in [0.5, 0.6) is 0 Å². The standard InChI is InChI=1S/C13H19FN2O/c1-3-15-9-8-13(17)16(2)10-11-6-4-5-7-12(11)14/h4-7,15H,3,8-10H2,1-2H3. The number of nitrogens with one attached hydrogen (secondary N) is 1. The molecule has 0 bridgehead atoms. The average Bonchev–Trinajstić information content (AvgIpc) is 2.32. The quantitative estimate of drug-likeness (QED) is 0.766. The summed E-state index contributed by atoms with van der Waals surface area (Å²) in [6.07, 6.45) is 0.443. The van der Waals surface area contributed by atoms with Crippen molar-refractivity contribution < 1.29 is 9.18 Å².